The molecule has 0 aliphatic heterocycles. The van der Waals surface area contributed by atoms with Gasteiger partial charge in [0, 0.05) is 12.2 Å². The molecular weight excluding hydrogens is 552 g/mol. The number of rotatable bonds is 15. The van der Waals surface area contributed by atoms with E-state index in [1.807, 2.05) is 37.3 Å². The maximum absolute atomic E-state index is 12.5. The molecule has 0 spiro atoms. The number of hydrogen-bond acceptors (Lipinski definition) is 8. The Morgan fingerprint density at radius 2 is 1.16 bits per heavy atom. The SMILES string of the molecule is CC[C@H](COC(=O)/C=C/C(=O)OC[C@@H](Cc1ccccc1)NC(=O)OCC1CCCCC1)NC(=O)OCC1CCCCC1. The first-order chi connectivity index (χ1) is 20.9. The molecule has 0 bridgehead atoms. The summed E-state index contributed by atoms with van der Waals surface area (Å²) in [4.78, 5) is 49.1. The lowest BCUT2D eigenvalue weighted by molar-refractivity contribution is -0.141. The van der Waals surface area contributed by atoms with Crippen LogP contribution in [0.3, 0.4) is 0 Å². The van der Waals surface area contributed by atoms with Crippen LogP contribution in [0, 0.1) is 11.8 Å². The van der Waals surface area contributed by atoms with Crippen LogP contribution in [0.15, 0.2) is 42.5 Å². The summed E-state index contributed by atoms with van der Waals surface area (Å²) >= 11 is 0. The topological polar surface area (TPSA) is 129 Å². The van der Waals surface area contributed by atoms with E-state index in [9.17, 15) is 19.2 Å². The van der Waals surface area contributed by atoms with E-state index in [4.69, 9.17) is 18.9 Å². The Balaban J connectivity index is 1.38. The van der Waals surface area contributed by atoms with Gasteiger partial charge in [0.25, 0.3) is 0 Å². The molecule has 0 unspecified atom stereocenters. The molecule has 10 nitrogen and oxygen atoms in total. The van der Waals surface area contributed by atoms with Gasteiger partial charge in [0.2, 0.25) is 0 Å². The molecule has 0 radical (unpaired) electrons. The molecule has 1 aromatic rings. The van der Waals surface area contributed by atoms with Gasteiger partial charge in [0.15, 0.2) is 0 Å². The number of esters is 2. The van der Waals surface area contributed by atoms with Crippen molar-refractivity contribution in [3.8, 4) is 0 Å². The highest BCUT2D eigenvalue weighted by Crippen LogP contribution is 2.24. The number of carbonyl (C=O) groups excluding carboxylic acids is 4. The summed E-state index contributed by atoms with van der Waals surface area (Å²) in [5.74, 6) is -0.688. The van der Waals surface area contributed by atoms with Crippen LogP contribution in [0.25, 0.3) is 0 Å². The lowest BCUT2D eigenvalue weighted by Crippen LogP contribution is -2.41. The summed E-state index contributed by atoms with van der Waals surface area (Å²) in [7, 11) is 0. The minimum Gasteiger partial charge on any atom is -0.460 e. The number of amides is 2. The van der Waals surface area contributed by atoms with Crippen LogP contribution < -0.4 is 10.6 Å². The number of nitrogens with one attached hydrogen (secondary N) is 2. The molecule has 3 rings (SSSR count). The second-order valence-corrected chi connectivity index (χ2v) is 11.6. The summed E-state index contributed by atoms with van der Waals surface area (Å²) in [6.45, 7) is 2.48. The highest BCUT2D eigenvalue weighted by Gasteiger charge is 2.20. The molecule has 10 heteroatoms. The maximum atomic E-state index is 12.5. The van der Waals surface area contributed by atoms with Crippen molar-refractivity contribution in [2.45, 2.75) is 96.1 Å². The molecule has 43 heavy (non-hydrogen) atoms. The zero-order chi connectivity index (χ0) is 30.7. The Hall–Kier alpha value is -3.56. The minimum atomic E-state index is -0.746. The average Bonchev–Trinajstić information content (AvgIpc) is 3.04. The molecule has 2 fully saturated rings. The van der Waals surface area contributed by atoms with Gasteiger partial charge in [0.05, 0.1) is 25.3 Å². The average molecular weight is 601 g/mol. The van der Waals surface area contributed by atoms with Crippen LogP contribution in [-0.2, 0) is 35.0 Å². The molecular formula is C33H48N2O8. The Labute approximate surface area is 255 Å². The van der Waals surface area contributed by atoms with Gasteiger partial charge >= 0.3 is 24.1 Å². The zero-order valence-electron chi connectivity index (χ0n) is 25.4. The van der Waals surface area contributed by atoms with E-state index in [1.165, 1.54) is 25.7 Å². The molecule has 2 atom stereocenters. The van der Waals surface area contributed by atoms with Crippen molar-refractivity contribution >= 4 is 24.1 Å². The van der Waals surface area contributed by atoms with E-state index in [-0.39, 0.29) is 13.2 Å². The molecule has 2 aliphatic rings. The van der Waals surface area contributed by atoms with Crippen LogP contribution >= 0.6 is 0 Å². The zero-order valence-corrected chi connectivity index (χ0v) is 25.4. The lowest BCUT2D eigenvalue weighted by Gasteiger charge is -2.22. The van der Waals surface area contributed by atoms with Crippen LogP contribution in [0.5, 0.6) is 0 Å². The predicted octanol–water partition coefficient (Wildman–Crippen LogP) is 5.63. The highest BCUT2D eigenvalue weighted by molar-refractivity contribution is 5.91. The van der Waals surface area contributed by atoms with Gasteiger partial charge in [-0.1, -0.05) is 75.8 Å². The summed E-state index contributed by atoms with van der Waals surface area (Å²) < 4.78 is 21.3. The third kappa shape index (κ3) is 14.4. The van der Waals surface area contributed by atoms with Crippen molar-refractivity contribution < 1.29 is 38.1 Å². The van der Waals surface area contributed by atoms with Gasteiger partial charge in [-0.3, -0.25) is 0 Å². The van der Waals surface area contributed by atoms with Gasteiger partial charge in [-0.15, -0.1) is 0 Å². The fourth-order valence-electron chi connectivity index (χ4n) is 5.42. The van der Waals surface area contributed by atoms with Crippen molar-refractivity contribution in [3.63, 3.8) is 0 Å². The van der Waals surface area contributed by atoms with E-state index in [0.717, 1.165) is 56.2 Å². The van der Waals surface area contributed by atoms with Gasteiger partial charge in [-0.25, -0.2) is 19.2 Å². The third-order valence-corrected chi connectivity index (χ3v) is 8.02. The summed E-state index contributed by atoms with van der Waals surface area (Å²) in [5.41, 5.74) is 0.965. The number of benzene rings is 1. The van der Waals surface area contributed by atoms with Gasteiger partial charge in [0.1, 0.15) is 13.2 Å². The van der Waals surface area contributed by atoms with E-state index >= 15 is 0 Å². The monoisotopic (exact) mass is 600 g/mol. The molecule has 1 aromatic carbocycles. The Kier molecular flexibility index (Phi) is 15.5. The van der Waals surface area contributed by atoms with Gasteiger partial charge < -0.3 is 29.6 Å². The largest absolute Gasteiger partial charge is 0.460 e. The van der Waals surface area contributed by atoms with Crippen molar-refractivity contribution in [2.24, 2.45) is 11.8 Å². The number of ether oxygens (including phenoxy) is 4. The Morgan fingerprint density at radius 3 is 1.65 bits per heavy atom. The fraction of sp³-hybridized carbons (Fsp3) is 0.636. The second kappa shape index (κ2) is 19.6. The fourth-order valence-corrected chi connectivity index (χ4v) is 5.42. The number of carbonyl (C=O) groups is 4. The highest BCUT2D eigenvalue weighted by atomic mass is 16.6. The molecule has 0 aromatic heterocycles. The maximum Gasteiger partial charge on any atom is 0.407 e. The van der Waals surface area contributed by atoms with Crippen LogP contribution in [-0.4, -0.2) is 62.6 Å². The molecule has 0 saturated heterocycles. The van der Waals surface area contributed by atoms with E-state index in [1.54, 1.807) is 0 Å². The molecule has 238 valence electrons. The van der Waals surface area contributed by atoms with Crippen LogP contribution in [0.1, 0.15) is 83.1 Å². The van der Waals surface area contributed by atoms with Crippen molar-refractivity contribution in [2.75, 3.05) is 26.4 Å². The smallest absolute Gasteiger partial charge is 0.407 e. The van der Waals surface area contributed by atoms with Crippen molar-refractivity contribution in [1.82, 2.24) is 10.6 Å². The summed E-state index contributed by atoms with van der Waals surface area (Å²) in [6, 6.07) is 8.62. The van der Waals surface area contributed by atoms with Crippen molar-refractivity contribution in [1.29, 1.82) is 0 Å². The van der Waals surface area contributed by atoms with Crippen LogP contribution in [0.4, 0.5) is 9.59 Å². The predicted molar refractivity (Wildman–Crippen MR) is 161 cm³/mol. The van der Waals surface area contributed by atoms with E-state index in [0.29, 0.717) is 37.9 Å². The third-order valence-electron chi connectivity index (χ3n) is 8.02. The molecule has 2 amide bonds. The first kappa shape index (κ1) is 33.9. The second-order valence-electron chi connectivity index (χ2n) is 11.6. The number of hydrogen-bond donors (Lipinski definition) is 2. The summed E-state index contributed by atoms with van der Waals surface area (Å²) in [6.07, 6.45) is 13.3. The Bertz CT molecular complexity index is 1020. The molecule has 2 N–H and O–H groups in total. The Morgan fingerprint density at radius 1 is 0.698 bits per heavy atom. The quantitative estimate of drug-likeness (QED) is 0.151. The first-order valence-corrected chi connectivity index (χ1v) is 15.8. The van der Waals surface area contributed by atoms with Crippen LogP contribution in [0.2, 0.25) is 0 Å². The minimum absolute atomic E-state index is 0.0563. The van der Waals surface area contributed by atoms with Crippen molar-refractivity contribution in [3.05, 3.63) is 48.0 Å². The van der Waals surface area contributed by atoms with E-state index in [2.05, 4.69) is 10.6 Å². The van der Waals surface area contributed by atoms with Gasteiger partial charge in [-0.05, 0) is 55.9 Å². The summed E-state index contributed by atoms with van der Waals surface area (Å²) in [5, 5.41) is 5.53. The van der Waals surface area contributed by atoms with Gasteiger partial charge in [-0.2, -0.15) is 0 Å². The first-order valence-electron chi connectivity index (χ1n) is 15.8. The lowest BCUT2D eigenvalue weighted by atomic mass is 9.90. The molecule has 2 saturated carbocycles. The van der Waals surface area contributed by atoms with E-state index < -0.39 is 36.2 Å². The normalized spacial score (nSPS) is 17.4. The molecule has 0 heterocycles. The number of alkyl carbamates (subject to hydrolysis) is 2. The molecule has 2 aliphatic carbocycles. The standard InChI is InChI=1S/C33H48N2O8/c1-2-28(34-32(38)42-21-26-14-8-4-9-15-26)23-40-30(36)18-19-31(37)41-24-29(20-25-12-6-3-7-13-25)35-33(39)43-22-27-16-10-5-11-17-27/h3,6-7,12-13,18-19,26-29H,2,4-5,8-11,14-17,20-24H2,1H3,(H,34,38)(H,35,39)/b19-18+/t28-,29-/m1/s1.